The van der Waals surface area contributed by atoms with Gasteiger partial charge in [0.2, 0.25) is 0 Å². The molecule has 0 radical (unpaired) electrons. The first-order valence-electron chi connectivity index (χ1n) is 6.53. The molecule has 0 saturated carbocycles. The molecule has 4 nitrogen and oxygen atoms in total. The highest BCUT2D eigenvalue weighted by Crippen LogP contribution is 2.15. The van der Waals surface area contributed by atoms with E-state index in [4.69, 9.17) is 9.47 Å². The van der Waals surface area contributed by atoms with Gasteiger partial charge in [0.05, 0.1) is 13.7 Å². The van der Waals surface area contributed by atoms with Gasteiger partial charge in [0, 0.05) is 13.5 Å². The molecule has 0 aliphatic rings. The van der Waals surface area contributed by atoms with Crippen molar-refractivity contribution in [1.82, 2.24) is 0 Å². The molecule has 1 aromatic rings. The van der Waals surface area contributed by atoms with Gasteiger partial charge in [-0.3, -0.25) is 0 Å². The van der Waals surface area contributed by atoms with Gasteiger partial charge in [-0.05, 0) is 24.1 Å². The van der Waals surface area contributed by atoms with E-state index in [-0.39, 0.29) is 5.97 Å². The first-order valence-corrected chi connectivity index (χ1v) is 6.53. The summed E-state index contributed by atoms with van der Waals surface area (Å²) in [5, 5.41) is 0. The second kappa shape index (κ2) is 8.53. The molecule has 0 aliphatic carbocycles. The van der Waals surface area contributed by atoms with Crippen molar-refractivity contribution < 1.29 is 19.0 Å². The Bertz CT molecular complexity index is 372. The summed E-state index contributed by atoms with van der Waals surface area (Å²) in [7, 11) is 2.86. The fourth-order valence-corrected chi connectivity index (χ4v) is 1.66. The summed E-state index contributed by atoms with van der Waals surface area (Å²) in [6.45, 7) is 2.86. The minimum atomic E-state index is -0.558. The van der Waals surface area contributed by atoms with E-state index in [1.807, 2.05) is 24.3 Å². The number of carbonyl (C=O) groups excluding carboxylic acids is 1. The van der Waals surface area contributed by atoms with Gasteiger partial charge in [0.1, 0.15) is 5.75 Å². The van der Waals surface area contributed by atoms with E-state index in [0.29, 0.717) is 6.42 Å². The number of methoxy groups -OCH3 is 2. The highest BCUT2D eigenvalue weighted by molar-refractivity contribution is 5.74. The molecule has 0 bridgehead atoms. The quantitative estimate of drug-likeness (QED) is 0.536. The van der Waals surface area contributed by atoms with Crippen molar-refractivity contribution in [2.24, 2.45) is 0 Å². The highest BCUT2D eigenvalue weighted by Gasteiger charge is 2.18. The number of carbonyl (C=O) groups is 1. The van der Waals surface area contributed by atoms with Crippen LogP contribution in [0.15, 0.2) is 24.3 Å². The zero-order valence-electron chi connectivity index (χ0n) is 11.8. The predicted octanol–water partition coefficient (Wildman–Crippen LogP) is 2.60. The van der Waals surface area contributed by atoms with E-state index >= 15 is 0 Å². The second-order valence-electron chi connectivity index (χ2n) is 4.30. The van der Waals surface area contributed by atoms with E-state index in [2.05, 4.69) is 11.7 Å². The third kappa shape index (κ3) is 5.30. The fourth-order valence-electron chi connectivity index (χ4n) is 1.66. The number of rotatable bonds is 8. The molecule has 4 heteroatoms. The molecule has 0 heterocycles. The topological polar surface area (TPSA) is 44.8 Å². The maximum atomic E-state index is 11.4. The lowest BCUT2D eigenvalue weighted by Gasteiger charge is -2.13. The van der Waals surface area contributed by atoms with Crippen molar-refractivity contribution in [3.63, 3.8) is 0 Å². The number of hydrogen-bond acceptors (Lipinski definition) is 4. The molecular weight excluding hydrogens is 244 g/mol. The zero-order chi connectivity index (χ0) is 14.1. The summed E-state index contributed by atoms with van der Waals surface area (Å²) >= 11 is 0. The van der Waals surface area contributed by atoms with Crippen LogP contribution in [0.5, 0.6) is 5.75 Å². The molecular formula is C15H22O4. The average Bonchev–Trinajstić information content (AvgIpc) is 2.45. The van der Waals surface area contributed by atoms with E-state index in [1.165, 1.54) is 14.2 Å². The Balaban J connectivity index is 2.53. The molecule has 106 valence electrons. The standard InChI is InChI=1S/C15H22O4/c1-4-5-10-19-13-8-6-12(7-9-13)11-14(17-2)15(16)18-3/h6-9,14H,4-5,10-11H2,1-3H3. The first kappa shape index (κ1) is 15.5. The summed E-state index contributed by atoms with van der Waals surface area (Å²) in [6, 6.07) is 7.70. The molecule has 19 heavy (non-hydrogen) atoms. The van der Waals surface area contributed by atoms with Gasteiger partial charge in [-0.15, -0.1) is 0 Å². The van der Waals surface area contributed by atoms with Gasteiger partial charge in [-0.2, -0.15) is 0 Å². The van der Waals surface area contributed by atoms with Crippen LogP contribution in [-0.4, -0.2) is 32.9 Å². The van der Waals surface area contributed by atoms with E-state index < -0.39 is 6.10 Å². The molecule has 1 unspecified atom stereocenters. The van der Waals surface area contributed by atoms with Crippen molar-refractivity contribution in [1.29, 1.82) is 0 Å². The summed E-state index contributed by atoms with van der Waals surface area (Å²) in [5.41, 5.74) is 1.01. The van der Waals surface area contributed by atoms with Gasteiger partial charge in [0.25, 0.3) is 0 Å². The van der Waals surface area contributed by atoms with Gasteiger partial charge < -0.3 is 14.2 Å². The van der Waals surface area contributed by atoms with Crippen LogP contribution in [0.2, 0.25) is 0 Å². The maximum absolute atomic E-state index is 11.4. The highest BCUT2D eigenvalue weighted by atomic mass is 16.6. The fraction of sp³-hybridized carbons (Fsp3) is 0.533. The van der Waals surface area contributed by atoms with Crippen molar-refractivity contribution in [2.45, 2.75) is 32.3 Å². The number of esters is 1. The van der Waals surface area contributed by atoms with Crippen LogP contribution in [0.1, 0.15) is 25.3 Å². The molecule has 1 aromatic carbocycles. The zero-order valence-corrected chi connectivity index (χ0v) is 11.8. The van der Waals surface area contributed by atoms with Gasteiger partial charge in [-0.1, -0.05) is 25.5 Å². The lowest BCUT2D eigenvalue weighted by atomic mass is 10.1. The second-order valence-corrected chi connectivity index (χ2v) is 4.30. The van der Waals surface area contributed by atoms with Crippen LogP contribution in [-0.2, 0) is 20.7 Å². The largest absolute Gasteiger partial charge is 0.494 e. The third-order valence-electron chi connectivity index (χ3n) is 2.86. The molecule has 1 rings (SSSR count). The number of benzene rings is 1. The van der Waals surface area contributed by atoms with Crippen LogP contribution in [0.3, 0.4) is 0 Å². The molecule has 0 amide bonds. The Hall–Kier alpha value is -1.55. The minimum Gasteiger partial charge on any atom is -0.494 e. The normalized spacial score (nSPS) is 11.9. The maximum Gasteiger partial charge on any atom is 0.335 e. The molecule has 1 atom stereocenters. The van der Waals surface area contributed by atoms with Crippen molar-refractivity contribution in [3.8, 4) is 5.75 Å². The van der Waals surface area contributed by atoms with Crippen LogP contribution < -0.4 is 4.74 Å². The van der Waals surface area contributed by atoms with Crippen molar-refractivity contribution in [3.05, 3.63) is 29.8 Å². The summed E-state index contributed by atoms with van der Waals surface area (Å²) in [4.78, 5) is 11.4. The van der Waals surface area contributed by atoms with Gasteiger partial charge in [0.15, 0.2) is 6.10 Å². The Labute approximate surface area is 114 Å². The van der Waals surface area contributed by atoms with E-state index in [9.17, 15) is 4.79 Å². The molecule has 0 saturated heterocycles. The Morgan fingerprint density at radius 2 is 1.89 bits per heavy atom. The lowest BCUT2D eigenvalue weighted by Crippen LogP contribution is -2.26. The average molecular weight is 266 g/mol. The lowest BCUT2D eigenvalue weighted by molar-refractivity contribution is -0.152. The molecule has 0 N–H and O–H groups in total. The SMILES string of the molecule is CCCCOc1ccc(CC(OC)C(=O)OC)cc1. The minimum absolute atomic E-state index is 0.356. The molecule has 0 aromatic heterocycles. The Morgan fingerprint density at radius 1 is 1.21 bits per heavy atom. The predicted molar refractivity (Wildman–Crippen MR) is 73.4 cm³/mol. The third-order valence-corrected chi connectivity index (χ3v) is 2.86. The first-order chi connectivity index (χ1) is 9.21. The monoisotopic (exact) mass is 266 g/mol. The number of hydrogen-bond donors (Lipinski definition) is 0. The Kier molecular flexibility index (Phi) is 6.97. The summed E-state index contributed by atoms with van der Waals surface area (Å²) in [6.07, 6.45) is 2.11. The molecule has 0 fully saturated rings. The molecule has 0 aliphatic heterocycles. The van der Waals surface area contributed by atoms with Gasteiger partial charge in [-0.25, -0.2) is 4.79 Å². The van der Waals surface area contributed by atoms with Crippen LogP contribution in [0.4, 0.5) is 0 Å². The smallest absolute Gasteiger partial charge is 0.335 e. The van der Waals surface area contributed by atoms with E-state index in [0.717, 1.165) is 30.8 Å². The summed E-state index contributed by atoms with van der Waals surface area (Å²) in [5.74, 6) is 0.495. The Morgan fingerprint density at radius 3 is 2.42 bits per heavy atom. The van der Waals surface area contributed by atoms with Gasteiger partial charge >= 0.3 is 5.97 Å². The van der Waals surface area contributed by atoms with Crippen molar-refractivity contribution >= 4 is 5.97 Å². The van der Waals surface area contributed by atoms with Crippen LogP contribution in [0, 0.1) is 0 Å². The molecule has 0 spiro atoms. The van der Waals surface area contributed by atoms with E-state index in [1.54, 1.807) is 0 Å². The van der Waals surface area contributed by atoms with Crippen molar-refractivity contribution in [2.75, 3.05) is 20.8 Å². The summed E-state index contributed by atoms with van der Waals surface area (Å²) < 4.78 is 15.4. The number of ether oxygens (including phenoxy) is 3. The van der Waals surface area contributed by atoms with Crippen LogP contribution in [0.25, 0.3) is 0 Å². The number of unbranched alkanes of at least 4 members (excludes halogenated alkanes) is 1. The van der Waals surface area contributed by atoms with Crippen LogP contribution >= 0.6 is 0 Å².